The van der Waals surface area contributed by atoms with Gasteiger partial charge in [-0.1, -0.05) is 0 Å². The summed E-state index contributed by atoms with van der Waals surface area (Å²) < 4.78 is 28.4. The zero-order valence-electron chi connectivity index (χ0n) is 19.2. The Morgan fingerprint density at radius 1 is 0.583 bits per heavy atom. The van der Waals surface area contributed by atoms with Gasteiger partial charge in [0.05, 0.1) is 19.8 Å². The molecule has 3 aliphatic rings. The Morgan fingerprint density at radius 2 is 1.08 bits per heavy atom. The lowest BCUT2D eigenvalue weighted by Gasteiger charge is -2.47. The molecular formula is C19H35O17+. The van der Waals surface area contributed by atoms with Crippen molar-refractivity contribution in [3.8, 4) is 0 Å². The lowest BCUT2D eigenvalue weighted by atomic mass is 9.96. The molecule has 0 radical (unpaired) electrons. The van der Waals surface area contributed by atoms with Crippen molar-refractivity contribution >= 4 is 0 Å². The summed E-state index contributed by atoms with van der Waals surface area (Å²) in [6.45, 7) is -2.32. The lowest BCUT2D eigenvalue weighted by Crippen LogP contribution is -2.67. The van der Waals surface area contributed by atoms with Gasteiger partial charge in [-0.2, -0.15) is 0 Å². The molecular weight excluding hydrogens is 500 g/mol. The van der Waals surface area contributed by atoms with E-state index < -0.39 is 112 Å². The van der Waals surface area contributed by atoms with Gasteiger partial charge >= 0.3 is 0 Å². The number of rotatable bonds is 8. The molecule has 0 aromatic heterocycles. The molecule has 36 heavy (non-hydrogen) atoms. The maximum absolute atomic E-state index is 10.9. The second-order valence-electron chi connectivity index (χ2n) is 8.83. The summed E-state index contributed by atoms with van der Waals surface area (Å²) in [5, 5.41) is 110. The monoisotopic (exact) mass is 535 g/mol. The number of hydrogen-bond donors (Lipinski definition) is 11. The fourth-order valence-electron chi connectivity index (χ4n) is 4.44. The van der Waals surface area contributed by atoms with E-state index in [1.165, 1.54) is 4.52 Å². The average molecular weight is 535 g/mol. The molecule has 15 atom stereocenters. The van der Waals surface area contributed by atoms with Crippen LogP contribution in [0.5, 0.6) is 0 Å². The van der Waals surface area contributed by atoms with Crippen molar-refractivity contribution in [3.63, 3.8) is 0 Å². The van der Waals surface area contributed by atoms with Crippen molar-refractivity contribution in [2.24, 2.45) is 0 Å². The highest BCUT2D eigenvalue weighted by Crippen LogP contribution is 2.34. The van der Waals surface area contributed by atoms with Gasteiger partial charge in [0.1, 0.15) is 54.9 Å². The summed E-state index contributed by atoms with van der Waals surface area (Å²) in [6, 6.07) is 0. The van der Waals surface area contributed by atoms with Crippen molar-refractivity contribution in [1.29, 1.82) is 0 Å². The fourth-order valence-corrected chi connectivity index (χ4v) is 4.44. The third-order valence-corrected chi connectivity index (χ3v) is 6.46. The second kappa shape index (κ2) is 12.5. The molecule has 0 amide bonds. The maximum atomic E-state index is 10.9. The summed E-state index contributed by atoms with van der Waals surface area (Å²) in [5.74, 6) is 0. The van der Waals surface area contributed by atoms with Crippen LogP contribution in [0.1, 0.15) is 0 Å². The van der Waals surface area contributed by atoms with Gasteiger partial charge in [-0.15, -0.1) is 5.26 Å². The van der Waals surface area contributed by atoms with Crippen molar-refractivity contribution < 1.29 is 84.5 Å². The quantitative estimate of drug-likeness (QED) is 0.0782. The molecule has 3 heterocycles. The van der Waals surface area contributed by atoms with Gasteiger partial charge in [0.25, 0.3) is 6.10 Å². The molecule has 0 aromatic rings. The molecule has 0 bridgehead atoms. The highest BCUT2D eigenvalue weighted by atomic mass is 17.2. The van der Waals surface area contributed by atoms with Gasteiger partial charge in [-0.25, -0.2) is 4.52 Å². The van der Waals surface area contributed by atoms with E-state index in [9.17, 15) is 56.3 Å². The van der Waals surface area contributed by atoms with Crippen LogP contribution < -0.4 is 0 Å². The SMILES string of the molecule is C[O+](O)[C@@H]1[C@@H](O)[C@@H](O[C@H]2[C@H](O)[C@@H](O)[C@@H](O)O[C@@H]2CO)O[C@H](CO)[C@H]1O[C@H]1O[C@H](CO)[C@@H](O)[C@H](O)[C@H]1O. The molecule has 17 heteroatoms. The van der Waals surface area contributed by atoms with Crippen LogP contribution in [0.2, 0.25) is 0 Å². The molecule has 3 aliphatic heterocycles. The molecule has 3 fully saturated rings. The Balaban J connectivity index is 1.81. The van der Waals surface area contributed by atoms with Crippen LogP contribution in [0.15, 0.2) is 0 Å². The molecule has 0 saturated carbocycles. The first kappa shape index (κ1) is 29.9. The van der Waals surface area contributed by atoms with Crippen molar-refractivity contribution in [2.75, 3.05) is 26.9 Å². The number of aliphatic hydroxyl groups excluding tert-OH is 10. The molecule has 3 rings (SSSR count). The number of aliphatic hydroxyl groups is 10. The Kier molecular flexibility index (Phi) is 10.3. The predicted molar refractivity (Wildman–Crippen MR) is 109 cm³/mol. The van der Waals surface area contributed by atoms with Crippen molar-refractivity contribution in [3.05, 3.63) is 0 Å². The normalized spacial score (nSPS) is 50.4. The van der Waals surface area contributed by atoms with E-state index in [0.717, 1.165) is 7.11 Å². The number of ether oxygens (including phenoxy) is 5. The molecule has 212 valence electrons. The zero-order valence-corrected chi connectivity index (χ0v) is 19.2. The Bertz CT molecular complexity index is 680. The standard InChI is InChI=1S/C19H35O17/c1-36(30)16-13(28)19(34-14-6(3-21)31-17(29)11(26)10(14)25)33-7(4-22)15(16)35-18-12(27)9(24)8(23)5(2-20)32-18/h5-30H,2-4H2,1H3/q+1/t5-,6-,7-,8-,9+,10-,11-,12-,13-,14-,15-,16-,17+,18-,19-/m1/s1. The van der Waals surface area contributed by atoms with Crippen LogP contribution in [0.25, 0.3) is 0 Å². The molecule has 11 N–H and O–H groups in total. The van der Waals surface area contributed by atoms with Crippen LogP contribution in [-0.2, 0) is 28.2 Å². The van der Waals surface area contributed by atoms with Gasteiger partial charge in [0, 0.05) is 0 Å². The van der Waals surface area contributed by atoms with Gasteiger partial charge in [0.15, 0.2) is 38.2 Å². The topological polar surface area (TPSA) is 271 Å². The second-order valence-corrected chi connectivity index (χ2v) is 8.83. The van der Waals surface area contributed by atoms with Gasteiger partial charge in [-0.05, 0) is 0 Å². The van der Waals surface area contributed by atoms with Gasteiger partial charge in [-0.3, -0.25) is 0 Å². The summed E-state index contributed by atoms with van der Waals surface area (Å²) in [5.41, 5.74) is 0. The van der Waals surface area contributed by atoms with Crippen LogP contribution in [-0.4, -0.2) is 175 Å². The van der Waals surface area contributed by atoms with E-state index in [1.54, 1.807) is 0 Å². The van der Waals surface area contributed by atoms with Crippen LogP contribution in [0, 0.1) is 0 Å². The van der Waals surface area contributed by atoms with E-state index in [-0.39, 0.29) is 0 Å². The molecule has 17 nitrogen and oxygen atoms in total. The van der Waals surface area contributed by atoms with E-state index >= 15 is 0 Å². The Hall–Kier alpha value is -0.680. The van der Waals surface area contributed by atoms with E-state index in [0.29, 0.717) is 0 Å². The average Bonchev–Trinajstić information content (AvgIpc) is 2.85. The van der Waals surface area contributed by atoms with Crippen molar-refractivity contribution in [2.45, 2.75) is 92.1 Å². The number of hydrogen-bond acceptors (Lipinski definition) is 16. The molecule has 0 aliphatic carbocycles. The first-order chi connectivity index (χ1) is 17.0. The van der Waals surface area contributed by atoms with Crippen LogP contribution >= 0.6 is 0 Å². The van der Waals surface area contributed by atoms with Crippen LogP contribution in [0.4, 0.5) is 0 Å². The van der Waals surface area contributed by atoms with Crippen molar-refractivity contribution in [1.82, 2.24) is 0 Å². The van der Waals surface area contributed by atoms with E-state index in [4.69, 9.17) is 23.7 Å². The summed E-state index contributed by atoms with van der Waals surface area (Å²) in [6.07, 6.45) is -24.7. The zero-order chi connectivity index (χ0) is 26.9. The maximum Gasteiger partial charge on any atom is 0.254 e. The molecule has 0 spiro atoms. The van der Waals surface area contributed by atoms with E-state index in [2.05, 4.69) is 0 Å². The molecule has 0 unspecified atom stereocenters. The third-order valence-electron chi connectivity index (χ3n) is 6.46. The predicted octanol–water partition coefficient (Wildman–Crippen LogP) is -6.91. The highest BCUT2D eigenvalue weighted by Gasteiger charge is 2.57. The fraction of sp³-hybridized carbons (Fsp3) is 1.00. The smallest absolute Gasteiger partial charge is 0.254 e. The Labute approximate surface area is 204 Å². The van der Waals surface area contributed by atoms with Gasteiger partial charge in [0.2, 0.25) is 0 Å². The third kappa shape index (κ3) is 5.82. The van der Waals surface area contributed by atoms with Crippen LogP contribution in [0.3, 0.4) is 0 Å². The van der Waals surface area contributed by atoms with E-state index in [1.807, 2.05) is 0 Å². The molecule has 0 aromatic carbocycles. The first-order valence-corrected chi connectivity index (χ1v) is 11.2. The minimum Gasteiger partial charge on any atom is -0.394 e. The highest BCUT2D eigenvalue weighted by molar-refractivity contribution is 4.97. The summed E-state index contributed by atoms with van der Waals surface area (Å²) in [4.78, 5) is 0. The molecule has 3 saturated heterocycles. The first-order valence-electron chi connectivity index (χ1n) is 11.2. The lowest BCUT2D eigenvalue weighted by molar-refractivity contribution is -0.493. The minimum absolute atomic E-state index is 0.746. The Morgan fingerprint density at radius 3 is 1.64 bits per heavy atom. The minimum atomic E-state index is -1.84. The summed E-state index contributed by atoms with van der Waals surface area (Å²) >= 11 is 0. The summed E-state index contributed by atoms with van der Waals surface area (Å²) in [7, 11) is 1.03. The van der Waals surface area contributed by atoms with Gasteiger partial charge < -0.3 is 74.7 Å². The largest absolute Gasteiger partial charge is 0.394 e.